The SMILES string of the molecule is CC1c2ccccc2-c2ccc[c]([Zr+2][C]3=C(CCO)C=CC3)c21.[Cl-].[Cl-]. The number of fused-ring (bicyclic) bond motifs is 3. The van der Waals surface area contributed by atoms with Crippen LogP contribution in [0.2, 0.25) is 0 Å². The Morgan fingerprint density at radius 3 is 2.60 bits per heavy atom. The van der Waals surface area contributed by atoms with Crippen molar-refractivity contribution in [1.82, 2.24) is 0 Å². The third kappa shape index (κ3) is 3.74. The number of benzene rings is 2. The van der Waals surface area contributed by atoms with E-state index in [4.69, 9.17) is 0 Å². The summed E-state index contributed by atoms with van der Waals surface area (Å²) in [4.78, 5) is 0. The third-order valence-electron chi connectivity index (χ3n) is 4.95. The van der Waals surface area contributed by atoms with E-state index in [1.807, 2.05) is 0 Å². The van der Waals surface area contributed by atoms with Gasteiger partial charge in [-0.2, -0.15) is 0 Å². The number of aliphatic hydroxyl groups is 1. The van der Waals surface area contributed by atoms with E-state index in [0.717, 1.165) is 12.8 Å². The van der Waals surface area contributed by atoms with Crippen LogP contribution in [0.15, 0.2) is 63.5 Å². The second-order valence-electron chi connectivity index (χ2n) is 6.28. The molecule has 0 heterocycles. The molecule has 1 atom stereocenters. The first-order chi connectivity index (χ1) is 11.3. The average Bonchev–Trinajstić information content (AvgIpc) is 3.13. The molecule has 0 saturated heterocycles. The van der Waals surface area contributed by atoms with Crippen LogP contribution in [0.4, 0.5) is 0 Å². The van der Waals surface area contributed by atoms with Gasteiger partial charge in [0.25, 0.3) is 0 Å². The van der Waals surface area contributed by atoms with Crippen LogP contribution < -0.4 is 28.1 Å². The Kier molecular flexibility index (Phi) is 7.29. The Labute approximate surface area is 173 Å². The fourth-order valence-corrected chi connectivity index (χ4v) is 7.73. The summed E-state index contributed by atoms with van der Waals surface area (Å²) >= 11 is -0.794. The van der Waals surface area contributed by atoms with Crippen LogP contribution in [0.3, 0.4) is 0 Å². The fraction of sp³-hybridized carbons (Fsp3) is 0.238. The minimum absolute atomic E-state index is 0. The van der Waals surface area contributed by atoms with Gasteiger partial charge in [0.15, 0.2) is 0 Å². The van der Waals surface area contributed by atoms with Crippen molar-refractivity contribution >= 4 is 3.27 Å². The van der Waals surface area contributed by atoms with Crippen LogP contribution in [-0.4, -0.2) is 11.7 Å². The molecule has 0 fully saturated rings. The normalized spacial score (nSPS) is 16.6. The maximum Gasteiger partial charge on any atom is -1.00 e. The van der Waals surface area contributed by atoms with E-state index in [1.165, 1.54) is 22.3 Å². The summed E-state index contributed by atoms with van der Waals surface area (Å²) in [6.45, 7) is 2.61. The molecule has 2 aliphatic rings. The van der Waals surface area contributed by atoms with Gasteiger partial charge in [0.2, 0.25) is 0 Å². The Hall–Kier alpha value is -0.657. The Morgan fingerprint density at radius 1 is 1.04 bits per heavy atom. The number of allylic oxidation sites excluding steroid dienone is 3. The maximum absolute atomic E-state index is 9.28. The fourth-order valence-electron chi connectivity index (χ4n) is 3.85. The molecule has 0 amide bonds. The van der Waals surface area contributed by atoms with E-state index in [0.29, 0.717) is 5.92 Å². The van der Waals surface area contributed by atoms with Crippen LogP contribution in [0, 0.1) is 0 Å². The quantitative estimate of drug-likeness (QED) is 0.579. The van der Waals surface area contributed by atoms with Gasteiger partial charge in [-0.05, 0) is 0 Å². The molecule has 2 aliphatic carbocycles. The van der Waals surface area contributed by atoms with Crippen LogP contribution >= 0.6 is 0 Å². The van der Waals surface area contributed by atoms with E-state index in [2.05, 4.69) is 61.5 Å². The van der Waals surface area contributed by atoms with E-state index < -0.39 is 23.2 Å². The van der Waals surface area contributed by atoms with E-state index >= 15 is 0 Å². The molecule has 0 saturated carbocycles. The van der Waals surface area contributed by atoms with Gasteiger partial charge in [0.05, 0.1) is 0 Å². The summed E-state index contributed by atoms with van der Waals surface area (Å²) in [5.41, 5.74) is 7.32. The summed E-state index contributed by atoms with van der Waals surface area (Å²) in [6.07, 6.45) is 6.42. The number of hydrogen-bond donors (Lipinski definition) is 1. The van der Waals surface area contributed by atoms with Crippen molar-refractivity contribution in [1.29, 1.82) is 0 Å². The standard InChI is InChI=1S/C14H11.C7H9O.2ClH.Zr/c1-10-11-6-2-4-8-13(11)14-9-5-3-7-12(10)14;8-6-5-7-3-1-2-4-7;;;/h2-6,8-10H,1H3;1,3,8H,2,5-6H2;2*1H;/q;;;;+2/p-2. The van der Waals surface area contributed by atoms with Gasteiger partial charge < -0.3 is 24.8 Å². The molecule has 1 nitrogen and oxygen atoms in total. The van der Waals surface area contributed by atoms with Gasteiger partial charge in [-0.15, -0.1) is 0 Å². The average molecular weight is 451 g/mol. The molecule has 0 radical (unpaired) electrons. The molecule has 2 aromatic rings. The maximum atomic E-state index is 9.28. The molecule has 25 heavy (non-hydrogen) atoms. The molecule has 0 aliphatic heterocycles. The summed E-state index contributed by atoms with van der Waals surface area (Å²) in [6, 6.07) is 15.7. The first-order valence-corrected chi connectivity index (χ1v) is 10.7. The Morgan fingerprint density at radius 2 is 1.80 bits per heavy atom. The number of rotatable bonds is 4. The van der Waals surface area contributed by atoms with Crippen molar-refractivity contribution < 1.29 is 53.2 Å². The molecule has 0 spiro atoms. The number of hydrogen-bond acceptors (Lipinski definition) is 1. The van der Waals surface area contributed by atoms with Crippen molar-refractivity contribution in [2.45, 2.75) is 25.7 Å². The molecule has 2 aromatic carbocycles. The molecular weight excluding hydrogens is 430 g/mol. The monoisotopic (exact) mass is 448 g/mol. The van der Waals surface area contributed by atoms with Crippen molar-refractivity contribution in [2.24, 2.45) is 0 Å². The summed E-state index contributed by atoms with van der Waals surface area (Å²) in [7, 11) is 0. The molecular formula is C21H20Cl2OZr. The minimum atomic E-state index is -0.794. The van der Waals surface area contributed by atoms with E-state index in [1.54, 1.807) is 12.1 Å². The molecule has 128 valence electrons. The zero-order chi connectivity index (χ0) is 15.8. The van der Waals surface area contributed by atoms with E-state index in [-0.39, 0.29) is 31.4 Å². The molecule has 1 unspecified atom stereocenters. The Bertz CT molecular complexity index is 826. The second kappa shape index (κ2) is 8.82. The zero-order valence-corrected chi connectivity index (χ0v) is 18.1. The van der Waals surface area contributed by atoms with Crippen molar-refractivity contribution in [3.8, 4) is 11.1 Å². The van der Waals surface area contributed by atoms with Gasteiger partial charge >= 0.3 is 150 Å². The second-order valence-corrected chi connectivity index (χ2v) is 9.71. The predicted molar refractivity (Wildman–Crippen MR) is 91.5 cm³/mol. The van der Waals surface area contributed by atoms with Gasteiger partial charge in [0.1, 0.15) is 0 Å². The van der Waals surface area contributed by atoms with Gasteiger partial charge in [-0.3, -0.25) is 0 Å². The van der Waals surface area contributed by atoms with Crippen LogP contribution in [-0.2, 0) is 23.2 Å². The topological polar surface area (TPSA) is 20.2 Å². The zero-order valence-electron chi connectivity index (χ0n) is 14.1. The third-order valence-corrected chi connectivity index (χ3v) is 8.72. The number of aliphatic hydroxyl groups excluding tert-OH is 1. The number of halogens is 2. The van der Waals surface area contributed by atoms with Crippen LogP contribution in [0.1, 0.15) is 36.8 Å². The minimum Gasteiger partial charge on any atom is -1.00 e. The molecule has 4 heteroatoms. The first-order valence-electron chi connectivity index (χ1n) is 8.28. The molecule has 0 bridgehead atoms. The summed E-state index contributed by atoms with van der Waals surface area (Å²) in [5.74, 6) is 0.509. The van der Waals surface area contributed by atoms with Gasteiger partial charge in [0, 0.05) is 0 Å². The Balaban J connectivity index is 0.00000113. The molecule has 0 aromatic heterocycles. The van der Waals surface area contributed by atoms with Crippen molar-refractivity contribution in [2.75, 3.05) is 6.61 Å². The summed E-state index contributed by atoms with van der Waals surface area (Å²) < 4.78 is 3.25. The van der Waals surface area contributed by atoms with Crippen molar-refractivity contribution in [3.05, 3.63) is 74.6 Å². The molecule has 1 N–H and O–H groups in total. The van der Waals surface area contributed by atoms with Crippen molar-refractivity contribution in [3.63, 3.8) is 0 Å². The van der Waals surface area contributed by atoms with Gasteiger partial charge in [-0.1, -0.05) is 0 Å². The smallest absolute Gasteiger partial charge is 1.00 e. The largest absolute Gasteiger partial charge is 1.00 e. The molecule has 4 rings (SSSR count). The van der Waals surface area contributed by atoms with Crippen LogP contribution in [0.5, 0.6) is 0 Å². The van der Waals surface area contributed by atoms with E-state index in [9.17, 15) is 5.11 Å². The van der Waals surface area contributed by atoms with Gasteiger partial charge in [-0.25, -0.2) is 0 Å². The van der Waals surface area contributed by atoms with Crippen LogP contribution in [0.25, 0.3) is 11.1 Å². The predicted octanol–water partition coefficient (Wildman–Crippen LogP) is -1.87. The summed E-state index contributed by atoms with van der Waals surface area (Å²) in [5, 5.41) is 9.28. The first kappa shape index (κ1) is 20.7.